The van der Waals surface area contributed by atoms with Gasteiger partial charge in [0.1, 0.15) is 5.25 Å². The van der Waals surface area contributed by atoms with E-state index in [4.69, 9.17) is 0 Å². The molecule has 0 saturated heterocycles. The molecular formula is C11H20N4O4S. The Morgan fingerprint density at radius 1 is 1.40 bits per heavy atom. The van der Waals surface area contributed by atoms with E-state index in [-0.39, 0.29) is 12.4 Å². The van der Waals surface area contributed by atoms with Crippen LogP contribution in [-0.2, 0) is 21.2 Å². The minimum absolute atomic E-state index is 0.0531. The number of carboxylic acid groups (broad SMARTS) is 1. The number of tetrazole rings is 1. The molecule has 1 rings (SSSR count). The van der Waals surface area contributed by atoms with Gasteiger partial charge in [-0.1, -0.05) is 13.8 Å². The Bertz CT molecular complexity index is 577. The van der Waals surface area contributed by atoms with Crippen LogP contribution >= 0.6 is 0 Å². The van der Waals surface area contributed by atoms with Gasteiger partial charge in [-0.05, 0) is 30.2 Å². The van der Waals surface area contributed by atoms with Gasteiger partial charge in [-0.15, -0.1) is 5.10 Å². The fourth-order valence-electron chi connectivity index (χ4n) is 1.94. The van der Waals surface area contributed by atoms with Gasteiger partial charge >= 0.3 is 5.97 Å². The molecule has 0 radical (unpaired) electrons. The Balaban J connectivity index is 3.18. The van der Waals surface area contributed by atoms with E-state index in [0.29, 0.717) is 12.8 Å². The van der Waals surface area contributed by atoms with E-state index in [2.05, 4.69) is 15.5 Å². The third-order valence-corrected chi connectivity index (χ3v) is 5.32. The molecule has 0 bridgehead atoms. The third-order valence-electron chi connectivity index (χ3n) is 3.83. The van der Waals surface area contributed by atoms with Crippen LogP contribution in [0.5, 0.6) is 0 Å². The van der Waals surface area contributed by atoms with Gasteiger partial charge in [0.25, 0.3) is 0 Å². The number of carboxylic acids is 1. The number of hydrogen-bond donors (Lipinski definition) is 1. The normalized spacial score (nSPS) is 14.2. The van der Waals surface area contributed by atoms with Crippen LogP contribution in [0.3, 0.4) is 0 Å². The first-order valence-corrected chi connectivity index (χ1v) is 8.31. The van der Waals surface area contributed by atoms with Gasteiger partial charge in [0.2, 0.25) is 0 Å². The van der Waals surface area contributed by atoms with Gasteiger partial charge in [-0.3, -0.25) is 4.79 Å². The van der Waals surface area contributed by atoms with Crippen molar-refractivity contribution in [2.24, 2.45) is 5.41 Å². The second kappa shape index (κ2) is 5.86. The first-order chi connectivity index (χ1) is 9.18. The van der Waals surface area contributed by atoms with E-state index >= 15 is 0 Å². The number of nitrogens with zero attached hydrogens (tertiary/aromatic N) is 4. The molecule has 0 saturated carbocycles. The van der Waals surface area contributed by atoms with Gasteiger partial charge in [0.15, 0.2) is 15.7 Å². The Morgan fingerprint density at radius 2 is 1.95 bits per heavy atom. The largest absolute Gasteiger partial charge is 0.481 e. The first kappa shape index (κ1) is 16.5. The van der Waals surface area contributed by atoms with E-state index in [0.717, 1.165) is 6.26 Å². The molecule has 1 aromatic heterocycles. The van der Waals surface area contributed by atoms with Gasteiger partial charge < -0.3 is 5.11 Å². The molecule has 0 fully saturated rings. The number of aromatic nitrogens is 4. The lowest BCUT2D eigenvalue weighted by Gasteiger charge is -2.26. The zero-order chi connectivity index (χ0) is 15.6. The van der Waals surface area contributed by atoms with E-state index in [9.17, 15) is 18.3 Å². The molecule has 114 valence electrons. The molecule has 1 N–H and O–H groups in total. The second-order valence-corrected chi connectivity index (χ2v) is 7.33. The SMILES string of the molecule is CCC(CC)(Cn1nnnc1C(C)S(C)(=O)=O)C(=O)O. The van der Waals surface area contributed by atoms with E-state index in [1.54, 1.807) is 13.8 Å². The van der Waals surface area contributed by atoms with E-state index in [1.807, 2.05) is 0 Å². The Labute approximate surface area is 118 Å². The molecule has 0 amide bonds. The summed E-state index contributed by atoms with van der Waals surface area (Å²) in [5, 5.41) is 19.5. The third kappa shape index (κ3) is 3.14. The Morgan fingerprint density at radius 3 is 2.35 bits per heavy atom. The van der Waals surface area contributed by atoms with Crippen molar-refractivity contribution in [1.82, 2.24) is 20.2 Å². The average Bonchev–Trinajstić information content (AvgIpc) is 2.81. The van der Waals surface area contributed by atoms with Gasteiger partial charge in [0, 0.05) is 6.26 Å². The highest BCUT2D eigenvalue weighted by atomic mass is 32.2. The Kier molecular flexibility index (Phi) is 4.85. The lowest BCUT2D eigenvalue weighted by atomic mass is 9.82. The predicted octanol–water partition coefficient (Wildman–Crippen LogP) is 0.670. The van der Waals surface area contributed by atoms with Gasteiger partial charge in [0.05, 0.1) is 12.0 Å². The van der Waals surface area contributed by atoms with Crippen molar-refractivity contribution < 1.29 is 18.3 Å². The van der Waals surface area contributed by atoms with E-state index in [1.165, 1.54) is 11.6 Å². The van der Waals surface area contributed by atoms with Crippen molar-refractivity contribution in [3.05, 3.63) is 5.82 Å². The summed E-state index contributed by atoms with van der Waals surface area (Å²) in [4.78, 5) is 11.5. The summed E-state index contributed by atoms with van der Waals surface area (Å²) in [5.41, 5.74) is -0.999. The lowest BCUT2D eigenvalue weighted by Crippen LogP contribution is -2.35. The summed E-state index contributed by atoms with van der Waals surface area (Å²) in [7, 11) is -3.35. The molecule has 1 heterocycles. The van der Waals surface area contributed by atoms with Crippen molar-refractivity contribution in [3.63, 3.8) is 0 Å². The van der Waals surface area contributed by atoms with Crippen LogP contribution in [-0.4, -0.2) is 46.0 Å². The fraction of sp³-hybridized carbons (Fsp3) is 0.818. The fourth-order valence-corrected chi connectivity index (χ4v) is 2.49. The summed E-state index contributed by atoms with van der Waals surface area (Å²) < 4.78 is 24.5. The molecule has 0 spiro atoms. The number of hydrogen-bond acceptors (Lipinski definition) is 6. The standard InChI is InChI=1S/C11H20N4O4S/c1-5-11(6-2,10(16)17)7-15-9(12-13-14-15)8(3)20(4,18)19/h8H,5-7H2,1-4H3,(H,16,17). The monoisotopic (exact) mass is 304 g/mol. The predicted molar refractivity (Wildman–Crippen MR) is 71.7 cm³/mol. The summed E-state index contributed by atoms with van der Waals surface area (Å²) in [5.74, 6) is -0.768. The van der Waals surface area contributed by atoms with Crippen LogP contribution in [0.1, 0.15) is 44.7 Å². The van der Waals surface area contributed by atoms with E-state index < -0.39 is 26.5 Å². The molecule has 9 heteroatoms. The van der Waals surface area contributed by atoms with Crippen LogP contribution < -0.4 is 0 Å². The van der Waals surface area contributed by atoms with Crippen molar-refractivity contribution in [3.8, 4) is 0 Å². The molecule has 20 heavy (non-hydrogen) atoms. The maximum absolute atomic E-state index is 11.6. The van der Waals surface area contributed by atoms with Crippen LogP contribution in [0, 0.1) is 5.41 Å². The van der Waals surface area contributed by atoms with Gasteiger partial charge in [-0.2, -0.15) is 0 Å². The summed E-state index contributed by atoms with van der Waals surface area (Å²) >= 11 is 0. The summed E-state index contributed by atoms with van der Waals surface area (Å²) in [6, 6.07) is 0. The maximum Gasteiger partial charge on any atom is 0.311 e. The quantitative estimate of drug-likeness (QED) is 0.787. The zero-order valence-electron chi connectivity index (χ0n) is 12.1. The molecule has 0 aliphatic rings. The topological polar surface area (TPSA) is 115 Å². The number of aliphatic carboxylic acids is 1. The molecule has 1 unspecified atom stereocenters. The lowest BCUT2D eigenvalue weighted by molar-refractivity contribution is -0.150. The van der Waals surface area contributed by atoms with Crippen molar-refractivity contribution in [1.29, 1.82) is 0 Å². The maximum atomic E-state index is 11.6. The number of sulfone groups is 1. The highest BCUT2D eigenvalue weighted by Crippen LogP contribution is 2.30. The van der Waals surface area contributed by atoms with Crippen molar-refractivity contribution >= 4 is 15.8 Å². The molecule has 1 aromatic rings. The summed E-state index contributed by atoms with van der Waals surface area (Å²) in [6.07, 6.45) is 1.91. The molecule has 0 aliphatic heterocycles. The zero-order valence-corrected chi connectivity index (χ0v) is 12.9. The number of carbonyl (C=O) groups is 1. The number of rotatable bonds is 7. The van der Waals surface area contributed by atoms with Crippen LogP contribution in [0.4, 0.5) is 0 Å². The molecular weight excluding hydrogens is 284 g/mol. The Hall–Kier alpha value is -1.51. The van der Waals surface area contributed by atoms with Crippen molar-refractivity contribution in [2.45, 2.75) is 45.4 Å². The molecule has 1 atom stereocenters. The minimum Gasteiger partial charge on any atom is -0.481 e. The van der Waals surface area contributed by atoms with Crippen LogP contribution in [0.25, 0.3) is 0 Å². The highest BCUT2D eigenvalue weighted by molar-refractivity contribution is 7.90. The highest BCUT2D eigenvalue weighted by Gasteiger charge is 2.37. The van der Waals surface area contributed by atoms with Crippen molar-refractivity contribution in [2.75, 3.05) is 6.26 Å². The molecule has 0 aliphatic carbocycles. The molecule has 0 aromatic carbocycles. The van der Waals surface area contributed by atoms with Crippen LogP contribution in [0.2, 0.25) is 0 Å². The molecule has 8 nitrogen and oxygen atoms in total. The average molecular weight is 304 g/mol. The smallest absolute Gasteiger partial charge is 0.311 e. The van der Waals surface area contributed by atoms with Crippen LogP contribution in [0.15, 0.2) is 0 Å². The first-order valence-electron chi connectivity index (χ1n) is 6.36. The van der Waals surface area contributed by atoms with Gasteiger partial charge in [-0.25, -0.2) is 13.1 Å². The second-order valence-electron chi connectivity index (χ2n) is 4.96. The minimum atomic E-state index is -3.35. The summed E-state index contributed by atoms with van der Waals surface area (Å²) in [6.45, 7) is 5.10.